The second kappa shape index (κ2) is 5.91. The number of hydrogen-bond donors (Lipinski definition) is 1. The van der Waals surface area contributed by atoms with Gasteiger partial charge in [0.1, 0.15) is 0 Å². The van der Waals surface area contributed by atoms with E-state index in [1.807, 2.05) is 43.3 Å². The van der Waals surface area contributed by atoms with Gasteiger partial charge in [-0.3, -0.25) is 4.79 Å². The summed E-state index contributed by atoms with van der Waals surface area (Å²) in [4.78, 5) is 10.9. The Balaban J connectivity index is 2.06. The minimum absolute atomic E-state index is 0.0889. The van der Waals surface area contributed by atoms with E-state index in [0.717, 1.165) is 17.1 Å². The summed E-state index contributed by atoms with van der Waals surface area (Å²) in [6.07, 6.45) is 0. The Bertz CT molecular complexity index is 586. The highest BCUT2D eigenvalue weighted by atomic mass is 16.1. The summed E-state index contributed by atoms with van der Waals surface area (Å²) in [7, 11) is 0. The maximum absolute atomic E-state index is 10.9. The standard InChI is InChI=1S/C15H15N3O/c1-11-3-5-14(6-4-11)17-18-15-9-7-13(8-10-15)16-12(2)19/h3-10H,1-2H3,(H,16,19)/b18-17+. The van der Waals surface area contributed by atoms with Crippen molar-refractivity contribution in [2.24, 2.45) is 10.2 Å². The number of nitrogens with zero attached hydrogens (tertiary/aromatic N) is 2. The fourth-order valence-electron chi connectivity index (χ4n) is 1.54. The third-order valence-corrected chi connectivity index (χ3v) is 2.50. The summed E-state index contributed by atoms with van der Waals surface area (Å²) in [6.45, 7) is 3.51. The number of benzene rings is 2. The molecule has 4 nitrogen and oxygen atoms in total. The molecule has 1 N–H and O–H groups in total. The lowest BCUT2D eigenvalue weighted by atomic mass is 10.2. The third kappa shape index (κ3) is 4.03. The van der Waals surface area contributed by atoms with Crippen LogP contribution in [0.4, 0.5) is 17.1 Å². The largest absolute Gasteiger partial charge is 0.326 e. The molecular weight excluding hydrogens is 238 g/mol. The van der Waals surface area contributed by atoms with Crippen LogP contribution in [0.2, 0.25) is 0 Å². The first kappa shape index (κ1) is 13.0. The Morgan fingerprint density at radius 3 is 1.84 bits per heavy atom. The van der Waals surface area contributed by atoms with E-state index in [-0.39, 0.29) is 5.91 Å². The molecule has 0 saturated heterocycles. The second-order valence-corrected chi connectivity index (χ2v) is 4.26. The minimum atomic E-state index is -0.0889. The van der Waals surface area contributed by atoms with E-state index in [4.69, 9.17) is 0 Å². The highest BCUT2D eigenvalue weighted by Gasteiger charge is 1.95. The Morgan fingerprint density at radius 1 is 0.895 bits per heavy atom. The molecule has 0 aliphatic heterocycles. The van der Waals surface area contributed by atoms with Crippen molar-refractivity contribution in [2.45, 2.75) is 13.8 Å². The van der Waals surface area contributed by atoms with E-state index >= 15 is 0 Å². The number of azo groups is 1. The molecule has 19 heavy (non-hydrogen) atoms. The lowest BCUT2D eigenvalue weighted by molar-refractivity contribution is -0.114. The average molecular weight is 253 g/mol. The van der Waals surface area contributed by atoms with Gasteiger partial charge in [0.2, 0.25) is 5.91 Å². The van der Waals surface area contributed by atoms with Crippen LogP contribution in [-0.4, -0.2) is 5.91 Å². The molecule has 0 aromatic heterocycles. The summed E-state index contributed by atoms with van der Waals surface area (Å²) in [6, 6.07) is 15.0. The quantitative estimate of drug-likeness (QED) is 0.811. The topological polar surface area (TPSA) is 53.8 Å². The molecular formula is C15H15N3O. The van der Waals surface area contributed by atoms with Crippen molar-refractivity contribution in [1.29, 1.82) is 0 Å². The van der Waals surface area contributed by atoms with Gasteiger partial charge < -0.3 is 5.32 Å². The monoisotopic (exact) mass is 253 g/mol. The number of rotatable bonds is 3. The first-order valence-electron chi connectivity index (χ1n) is 5.99. The molecule has 0 aliphatic carbocycles. The van der Waals surface area contributed by atoms with Crippen LogP contribution >= 0.6 is 0 Å². The molecule has 0 aliphatic rings. The van der Waals surface area contributed by atoms with Gasteiger partial charge in [-0.1, -0.05) is 17.7 Å². The van der Waals surface area contributed by atoms with Gasteiger partial charge in [0.05, 0.1) is 11.4 Å². The highest BCUT2D eigenvalue weighted by Crippen LogP contribution is 2.20. The Morgan fingerprint density at radius 2 is 1.37 bits per heavy atom. The molecule has 0 atom stereocenters. The van der Waals surface area contributed by atoms with Gasteiger partial charge in [-0.2, -0.15) is 10.2 Å². The van der Waals surface area contributed by atoms with Gasteiger partial charge in [-0.05, 0) is 43.3 Å². The number of hydrogen-bond acceptors (Lipinski definition) is 3. The molecule has 1 amide bonds. The molecule has 0 radical (unpaired) electrons. The van der Waals surface area contributed by atoms with Gasteiger partial charge >= 0.3 is 0 Å². The number of anilines is 1. The van der Waals surface area contributed by atoms with Crippen molar-refractivity contribution in [2.75, 3.05) is 5.32 Å². The van der Waals surface area contributed by atoms with Crippen LogP contribution in [-0.2, 0) is 4.79 Å². The molecule has 0 unspecified atom stereocenters. The van der Waals surface area contributed by atoms with Crippen molar-refractivity contribution < 1.29 is 4.79 Å². The van der Waals surface area contributed by atoms with Crippen LogP contribution in [0.5, 0.6) is 0 Å². The lowest BCUT2D eigenvalue weighted by Crippen LogP contribution is -2.04. The number of aryl methyl sites for hydroxylation is 1. The molecule has 0 spiro atoms. The second-order valence-electron chi connectivity index (χ2n) is 4.26. The van der Waals surface area contributed by atoms with Crippen molar-refractivity contribution in [3.05, 3.63) is 54.1 Å². The number of carbonyl (C=O) groups excluding carboxylic acids is 1. The SMILES string of the molecule is CC(=O)Nc1ccc(/N=N/c2ccc(C)cc2)cc1. The maximum Gasteiger partial charge on any atom is 0.221 e. The molecule has 0 saturated carbocycles. The molecule has 2 aromatic rings. The lowest BCUT2D eigenvalue weighted by Gasteiger charge is -2.01. The average Bonchev–Trinajstić information content (AvgIpc) is 2.39. The third-order valence-electron chi connectivity index (χ3n) is 2.50. The van der Waals surface area contributed by atoms with Crippen LogP contribution in [0.15, 0.2) is 58.8 Å². The fraction of sp³-hybridized carbons (Fsp3) is 0.133. The predicted octanol–water partition coefficient (Wildman–Crippen LogP) is 4.37. The highest BCUT2D eigenvalue weighted by molar-refractivity contribution is 5.88. The summed E-state index contributed by atoms with van der Waals surface area (Å²) < 4.78 is 0. The van der Waals surface area contributed by atoms with E-state index in [1.165, 1.54) is 12.5 Å². The van der Waals surface area contributed by atoms with Crippen molar-refractivity contribution in [3.63, 3.8) is 0 Å². The first-order valence-corrected chi connectivity index (χ1v) is 5.99. The zero-order valence-corrected chi connectivity index (χ0v) is 10.9. The predicted molar refractivity (Wildman–Crippen MR) is 76.1 cm³/mol. The zero-order valence-electron chi connectivity index (χ0n) is 10.9. The molecule has 4 heteroatoms. The van der Waals surface area contributed by atoms with Crippen LogP contribution in [0, 0.1) is 6.92 Å². The number of amides is 1. The molecule has 0 fully saturated rings. The first-order chi connectivity index (χ1) is 9.13. The number of nitrogens with one attached hydrogen (secondary N) is 1. The van der Waals surface area contributed by atoms with Gasteiger partial charge in [0.15, 0.2) is 0 Å². The van der Waals surface area contributed by atoms with Gasteiger partial charge in [0.25, 0.3) is 0 Å². The van der Waals surface area contributed by atoms with Gasteiger partial charge in [0, 0.05) is 12.6 Å². The van der Waals surface area contributed by atoms with Crippen LogP contribution in [0.25, 0.3) is 0 Å². The Labute approximate surface area is 112 Å². The van der Waals surface area contributed by atoms with E-state index in [1.54, 1.807) is 12.1 Å². The molecule has 2 aromatic carbocycles. The van der Waals surface area contributed by atoms with Crippen molar-refractivity contribution >= 4 is 23.0 Å². The maximum atomic E-state index is 10.9. The number of carbonyl (C=O) groups is 1. The van der Waals surface area contributed by atoms with Gasteiger partial charge in [-0.15, -0.1) is 0 Å². The van der Waals surface area contributed by atoms with E-state index in [2.05, 4.69) is 15.5 Å². The van der Waals surface area contributed by atoms with Crippen molar-refractivity contribution in [1.82, 2.24) is 0 Å². The molecule has 96 valence electrons. The summed E-state index contributed by atoms with van der Waals surface area (Å²) in [5.74, 6) is -0.0889. The fourth-order valence-corrected chi connectivity index (χ4v) is 1.54. The van der Waals surface area contributed by atoms with Crippen LogP contribution < -0.4 is 5.32 Å². The Kier molecular flexibility index (Phi) is 4.03. The zero-order chi connectivity index (χ0) is 13.7. The smallest absolute Gasteiger partial charge is 0.221 e. The molecule has 2 rings (SSSR count). The van der Waals surface area contributed by atoms with E-state index in [0.29, 0.717) is 0 Å². The minimum Gasteiger partial charge on any atom is -0.326 e. The summed E-state index contributed by atoms with van der Waals surface area (Å²) >= 11 is 0. The molecule has 0 heterocycles. The van der Waals surface area contributed by atoms with E-state index in [9.17, 15) is 4.79 Å². The summed E-state index contributed by atoms with van der Waals surface area (Å²) in [5.41, 5.74) is 3.51. The van der Waals surface area contributed by atoms with Crippen LogP contribution in [0.3, 0.4) is 0 Å². The van der Waals surface area contributed by atoms with Crippen molar-refractivity contribution in [3.8, 4) is 0 Å². The van der Waals surface area contributed by atoms with E-state index < -0.39 is 0 Å². The Hall–Kier alpha value is -2.49. The van der Waals surface area contributed by atoms with Crippen LogP contribution in [0.1, 0.15) is 12.5 Å². The normalized spacial score (nSPS) is 10.6. The summed E-state index contributed by atoms with van der Waals surface area (Å²) in [5, 5.41) is 11.0. The molecule has 0 bridgehead atoms. The van der Waals surface area contributed by atoms with Gasteiger partial charge in [-0.25, -0.2) is 0 Å².